The van der Waals surface area contributed by atoms with Crippen LogP contribution in [0.3, 0.4) is 0 Å². The number of nitrogens with zero attached hydrogens (tertiary/aromatic N) is 1. The Labute approximate surface area is 84.8 Å². The zero-order valence-corrected chi connectivity index (χ0v) is 8.74. The third-order valence-corrected chi connectivity index (χ3v) is 2.44. The zero-order valence-electron chi connectivity index (χ0n) is 8.74. The van der Waals surface area contributed by atoms with Crippen molar-refractivity contribution in [1.29, 1.82) is 0 Å². The minimum absolute atomic E-state index is 0.137. The first-order valence-corrected chi connectivity index (χ1v) is 5.30. The van der Waals surface area contributed by atoms with Crippen LogP contribution in [0.5, 0.6) is 0 Å². The molecule has 82 valence electrons. The Balaban J connectivity index is 2.30. The summed E-state index contributed by atoms with van der Waals surface area (Å²) < 4.78 is 5.14. The van der Waals surface area contributed by atoms with Gasteiger partial charge >= 0.3 is 0 Å². The third-order valence-electron chi connectivity index (χ3n) is 2.44. The molecule has 4 heteroatoms. The van der Waals surface area contributed by atoms with Gasteiger partial charge in [-0.15, -0.1) is 0 Å². The molecule has 1 amide bonds. The summed E-state index contributed by atoms with van der Waals surface area (Å²) in [5.74, 6) is -0.137. The molecule has 0 aliphatic carbocycles. The molecule has 14 heavy (non-hydrogen) atoms. The van der Waals surface area contributed by atoms with Crippen molar-refractivity contribution in [3.63, 3.8) is 0 Å². The predicted octanol–water partition coefficient (Wildman–Crippen LogP) is 0.396. The first-order chi connectivity index (χ1) is 6.75. The monoisotopic (exact) mass is 201 g/mol. The summed E-state index contributed by atoms with van der Waals surface area (Å²) in [7, 11) is 0. The Bertz CT molecular complexity index is 178. The molecule has 1 fully saturated rings. The molecular formula is C10H19NO3. The van der Waals surface area contributed by atoms with E-state index in [1.165, 1.54) is 0 Å². The highest BCUT2D eigenvalue weighted by Crippen LogP contribution is 2.06. The van der Waals surface area contributed by atoms with Gasteiger partial charge in [-0.25, -0.2) is 0 Å². The third kappa shape index (κ3) is 3.27. The van der Waals surface area contributed by atoms with E-state index < -0.39 is 6.10 Å². The molecule has 0 aromatic heterocycles. The molecule has 0 saturated carbocycles. The summed E-state index contributed by atoms with van der Waals surface area (Å²) >= 11 is 0. The fourth-order valence-electron chi connectivity index (χ4n) is 1.52. The maximum atomic E-state index is 11.6. The number of hydrogen-bond donors (Lipinski definition) is 1. The fourth-order valence-corrected chi connectivity index (χ4v) is 1.52. The number of aliphatic hydroxyl groups is 1. The number of rotatable bonds is 4. The van der Waals surface area contributed by atoms with E-state index >= 15 is 0 Å². The van der Waals surface area contributed by atoms with Crippen LogP contribution in [-0.4, -0.2) is 48.3 Å². The van der Waals surface area contributed by atoms with E-state index in [0.29, 0.717) is 32.7 Å². The highest BCUT2D eigenvalue weighted by Gasteiger charge is 2.22. The van der Waals surface area contributed by atoms with Gasteiger partial charge in [-0.3, -0.25) is 4.79 Å². The molecule has 1 rings (SSSR count). The van der Waals surface area contributed by atoms with Crippen LogP contribution in [0.15, 0.2) is 0 Å². The SMILES string of the molecule is CCCCC(O)C(=O)N1CCOCC1. The Kier molecular flexibility index (Phi) is 4.90. The molecule has 1 aliphatic heterocycles. The van der Waals surface area contributed by atoms with E-state index in [4.69, 9.17) is 4.74 Å². The van der Waals surface area contributed by atoms with Gasteiger partial charge in [0.25, 0.3) is 5.91 Å². The van der Waals surface area contributed by atoms with E-state index in [-0.39, 0.29) is 5.91 Å². The number of aliphatic hydroxyl groups excluding tert-OH is 1. The average molecular weight is 201 g/mol. The molecule has 1 heterocycles. The summed E-state index contributed by atoms with van der Waals surface area (Å²) in [6.45, 7) is 4.45. The second-order valence-electron chi connectivity index (χ2n) is 3.60. The molecule has 0 aromatic rings. The van der Waals surface area contributed by atoms with Crippen molar-refractivity contribution in [2.45, 2.75) is 32.3 Å². The van der Waals surface area contributed by atoms with E-state index in [0.717, 1.165) is 12.8 Å². The molecule has 1 N–H and O–H groups in total. The Morgan fingerprint density at radius 2 is 2.14 bits per heavy atom. The van der Waals surface area contributed by atoms with Crippen molar-refractivity contribution in [3.8, 4) is 0 Å². The maximum Gasteiger partial charge on any atom is 0.251 e. The van der Waals surface area contributed by atoms with Crippen LogP contribution in [-0.2, 0) is 9.53 Å². The van der Waals surface area contributed by atoms with Crippen molar-refractivity contribution in [3.05, 3.63) is 0 Å². The van der Waals surface area contributed by atoms with Crippen molar-refractivity contribution in [1.82, 2.24) is 4.90 Å². The zero-order chi connectivity index (χ0) is 10.4. The van der Waals surface area contributed by atoms with Gasteiger partial charge in [0.1, 0.15) is 6.10 Å². The highest BCUT2D eigenvalue weighted by molar-refractivity contribution is 5.80. The van der Waals surface area contributed by atoms with E-state index in [1.807, 2.05) is 6.92 Å². The number of morpholine rings is 1. The Morgan fingerprint density at radius 3 is 2.71 bits per heavy atom. The Morgan fingerprint density at radius 1 is 1.50 bits per heavy atom. The lowest BCUT2D eigenvalue weighted by Crippen LogP contribution is -2.45. The van der Waals surface area contributed by atoms with Crippen LogP contribution in [0.25, 0.3) is 0 Å². The summed E-state index contributed by atoms with van der Waals surface area (Å²) in [4.78, 5) is 13.3. The Hall–Kier alpha value is -0.610. The normalized spacial score (nSPS) is 19.4. The van der Waals surface area contributed by atoms with Gasteiger partial charge < -0.3 is 14.7 Å². The maximum absolute atomic E-state index is 11.6. The lowest BCUT2D eigenvalue weighted by molar-refractivity contribution is -0.144. The molecule has 0 aromatic carbocycles. The molecular weight excluding hydrogens is 182 g/mol. The number of carbonyl (C=O) groups excluding carboxylic acids is 1. The van der Waals surface area contributed by atoms with Crippen LogP contribution in [0.1, 0.15) is 26.2 Å². The summed E-state index contributed by atoms with van der Waals surface area (Å²) in [6.07, 6.45) is 1.67. The second kappa shape index (κ2) is 5.98. The van der Waals surface area contributed by atoms with Gasteiger partial charge in [0.15, 0.2) is 0 Å². The van der Waals surface area contributed by atoms with Gasteiger partial charge in [0.05, 0.1) is 13.2 Å². The second-order valence-corrected chi connectivity index (χ2v) is 3.60. The molecule has 1 saturated heterocycles. The van der Waals surface area contributed by atoms with Crippen molar-refractivity contribution >= 4 is 5.91 Å². The molecule has 0 bridgehead atoms. The van der Waals surface area contributed by atoms with Gasteiger partial charge in [-0.05, 0) is 6.42 Å². The van der Waals surface area contributed by atoms with Crippen LogP contribution < -0.4 is 0 Å². The first-order valence-electron chi connectivity index (χ1n) is 5.30. The molecule has 0 spiro atoms. The largest absolute Gasteiger partial charge is 0.383 e. The van der Waals surface area contributed by atoms with Gasteiger partial charge in [-0.1, -0.05) is 19.8 Å². The van der Waals surface area contributed by atoms with Crippen LogP contribution in [0.2, 0.25) is 0 Å². The topological polar surface area (TPSA) is 49.8 Å². The number of carbonyl (C=O) groups is 1. The number of amides is 1. The highest BCUT2D eigenvalue weighted by atomic mass is 16.5. The first kappa shape index (κ1) is 11.5. The lowest BCUT2D eigenvalue weighted by Gasteiger charge is -2.28. The van der Waals surface area contributed by atoms with E-state index in [2.05, 4.69) is 0 Å². The summed E-state index contributed by atoms with van der Waals surface area (Å²) in [6, 6.07) is 0. The predicted molar refractivity (Wildman–Crippen MR) is 52.9 cm³/mol. The van der Waals surface area contributed by atoms with Crippen LogP contribution in [0, 0.1) is 0 Å². The smallest absolute Gasteiger partial charge is 0.251 e. The average Bonchev–Trinajstić information content (AvgIpc) is 2.26. The minimum atomic E-state index is -0.812. The fraction of sp³-hybridized carbons (Fsp3) is 0.900. The van der Waals surface area contributed by atoms with Crippen LogP contribution in [0.4, 0.5) is 0 Å². The summed E-state index contributed by atoms with van der Waals surface area (Å²) in [5.41, 5.74) is 0. The number of ether oxygens (including phenoxy) is 1. The quantitative estimate of drug-likeness (QED) is 0.716. The number of hydrogen-bond acceptors (Lipinski definition) is 3. The van der Waals surface area contributed by atoms with Crippen LogP contribution >= 0.6 is 0 Å². The van der Waals surface area contributed by atoms with Gasteiger partial charge in [0.2, 0.25) is 0 Å². The molecule has 0 radical (unpaired) electrons. The lowest BCUT2D eigenvalue weighted by atomic mass is 10.1. The van der Waals surface area contributed by atoms with Crippen molar-refractivity contribution in [2.75, 3.05) is 26.3 Å². The van der Waals surface area contributed by atoms with E-state index in [1.54, 1.807) is 4.90 Å². The molecule has 4 nitrogen and oxygen atoms in total. The minimum Gasteiger partial charge on any atom is -0.383 e. The summed E-state index contributed by atoms with van der Waals surface area (Å²) in [5, 5.41) is 9.57. The van der Waals surface area contributed by atoms with Crippen molar-refractivity contribution < 1.29 is 14.6 Å². The molecule has 1 aliphatic rings. The van der Waals surface area contributed by atoms with Gasteiger partial charge in [0, 0.05) is 13.1 Å². The number of unbranched alkanes of at least 4 members (excludes halogenated alkanes) is 1. The van der Waals surface area contributed by atoms with Crippen molar-refractivity contribution in [2.24, 2.45) is 0 Å². The van der Waals surface area contributed by atoms with Gasteiger partial charge in [-0.2, -0.15) is 0 Å². The standard InChI is InChI=1S/C10H19NO3/c1-2-3-4-9(12)10(13)11-5-7-14-8-6-11/h9,12H,2-8H2,1H3. The molecule has 1 atom stereocenters. The van der Waals surface area contributed by atoms with E-state index in [9.17, 15) is 9.90 Å². The molecule has 1 unspecified atom stereocenters.